The van der Waals surface area contributed by atoms with Gasteiger partial charge in [-0.1, -0.05) is 54.6 Å². The molecule has 0 unspecified atom stereocenters. The van der Waals surface area contributed by atoms with Crippen molar-refractivity contribution in [3.05, 3.63) is 115 Å². The van der Waals surface area contributed by atoms with Crippen molar-refractivity contribution in [3.8, 4) is 0 Å². The predicted octanol–water partition coefficient (Wildman–Crippen LogP) is 6.61. The van der Waals surface area contributed by atoms with Crippen LogP contribution in [0.15, 0.2) is 129 Å². The van der Waals surface area contributed by atoms with Crippen LogP contribution in [0.2, 0.25) is 0 Å². The first-order valence-corrected chi connectivity index (χ1v) is 12.9. The van der Waals surface area contributed by atoms with Crippen molar-refractivity contribution in [3.63, 3.8) is 0 Å². The summed E-state index contributed by atoms with van der Waals surface area (Å²) in [6.07, 6.45) is 1.91. The molecule has 2 nitrogen and oxygen atoms in total. The summed E-state index contributed by atoms with van der Waals surface area (Å²) in [5.41, 5.74) is 6.89. The van der Waals surface area contributed by atoms with E-state index in [4.69, 9.17) is 10.7 Å². The molecule has 0 bridgehead atoms. The van der Waals surface area contributed by atoms with Crippen LogP contribution in [0, 0.1) is 0 Å². The maximum atomic E-state index is 5.75. The molecule has 0 aliphatic carbocycles. The highest BCUT2D eigenvalue weighted by Crippen LogP contribution is 2.73. The van der Waals surface area contributed by atoms with Crippen LogP contribution in [0.3, 0.4) is 0 Å². The Hall–Kier alpha value is -2.53. The standard InChI is InChI=1S/C26H26N2S2/c27-18-20-29-21-25-26(17-10-19-28-25)30(22-11-4-1-5-12-22,23-13-6-2-7-14-23)24-15-8-3-9-16-24/h1-17,19H,18,20-21,27H2. The average molecular weight is 431 g/mol. The highest BCUT2D eigenvalue weighted by Gasteiger charge is 2.35. The molecular formula is C26H26N2S2. The summed E-state index contributed by atoms with van der Waals surface area (Å²) < 4.78 is 0. The fraction of sp³-hybridized carbons (Fsp3) is 0.115. The van der Waals surface area contributed by atoms with E-state index in [0.717, 1.165) is 17.2 Å². The summed E-state index contributed by atoms with van der Waals surface area (Å²) >= 11 is 1.85. The molecule has 30 heavy (non-hydrogen) atoms. The Balaban J connectivity index is 2.05. The molecule has 0 radical (unpaired) electrons. The molecule has 0 fully saturated rings. The van der Waals surface area contributed by atoms with Gasteiger partial charge in [-0.05, 0) is 48.5 Å². The number of hydrogen-bond acceptors (Lipinski definition) is 3. The van der Waals surface area contributed by atoms with Crippen molar-refractivity contribution < 1.29 is 0 Å². The Morgan fingerprint density at radius 1 is 0.667 bits per heavy atom. The van der Waals surface area contributed by atoms with Gasteiger partial charge in [-0.25, -0.2) is 0 Å². The Labute approximate surface area is 184 Å². The van der Waals surface area contributed by atoms with Crippen LogP contribution in [0.1, 0.15) is 5.69 Å². The number of nitrogens with two attached hydrogens (primary N) is 1. The molecule has 152 valence electrons. The molecule has 4 heteroatoms. The van der Waals surface area contributed by atoms with Crippen molar-refractivity contribution in [2.75, 3.05) is 12.3 Å². The van der Waals surface area contributed by atoms with E-state index in [9.17, 15) is 0 Å². The molecule has 1 heterocycles. The zero-order valence-corrected chi connectivity index (χ0v) is 18.5. The molecule has 4 rings (SSSR count). The molecule has 0 saturated carbocycles. The molecule has 3 aromatic carbocycles. The van der Waals surface area contributed by atoms with E-state index >= 15 is 0 Å². The van der Waals surface area contributed by atoms with Crippen molar-refractivity contribution in [1.29, 1.82) is 0 Å². The molecule has 0 amide bonds. The lowest BCUT2D eigenvalue weighted by atomic mass is 10.3. The summed E-state index contributed by atoms with van der Waals surface area (Å²) in [6.45, 7) is 0.681. The second kappa shape index (κ2) is 9.98. The minimum atomic E-state index is -1.69. The van der Waals surface area contributed by atoms with Gasteiger partial charge in [-0.2, -0.15) is 11.8 Å². The molecule has 0 saturated heterocycles. The van der Waals surface area contributed by atoms with Crippen molar-refractivity contribution in [2.45, 2.75) is 25.3 Å². The Kier molecular flexibility index (Phi) is 6.90. The van der Waals surface area contributed by atoms with Gasteiger partial charge in [0.1, 0.15) is 0 Å². The minimum absolute atomic E-state index is 0.681. The third-order valence-corrected chi connectivity index (χ3v) is 9.94. The van der Waals surface area contributed by atoms with Crippen LogP contribution < -0.4 is 5.73 Å². The Morgan fingerprint density at radius 3 is 1.63 bits per heavy atom. The number of rotatable bonds is 8. The van der Waals surface area contributed by atoms with Gasteiger partial charge in [0.2, 0.25) is 0 Å². The van der Waals surface area contributed by atoms with Crippen molar-refractivity contribution >= 4 is 21.8 Å². The highest BCUT2D eigenvalue weighted by atomic mass is 32.3. The van der Waals surface area contributed by atoms with E-state index < -0.39 is 10.0 Å². The zero-order valence-electron chi connectivity index (χ0n) is 16.9. The van der Waals surface area contributed by atoms with Gasteiger partial charge in [-0.3, -0.25) is 4.98 Å². The van der Waals surface area contributed by atoms with Crippen LogP contribution in [0.25, 0.3) is 0 Å². The van der Waals surface area contributed by atoms with E-state index in [2.05, 4.69) is 103 Å². The van der Waals surface area contributed by atoms with E-state index in [1.54, 1.807) is 0 Å². The van der Waals surface area contributed by atoms with Gasteiger partial charge < -0.3 is 5.73 Å². The summed E-state index contributed by atoms with van der Waals surface area (Å²) in [5.74, 6) is 1.79. The highest BCUT2D eigenvalue weighted by molar-refractivity contribution is 8.34. The average Bonchev–Trinajstić information content (AvgIpc) is 2.83. The molecule has 0 spiro atoms. The van der Waals surface area contributed by atoms with E-state index in [-0.39, 0.29) is 0 Å². The summed E-state index contributed by atoms with van der Waals surface area (Å²) in [5, 5.41) is 0. The molecular weight excluding hydrogens is 404 g/mol. The molecule has 0 aliphatic rings. The maximum Gasteiger partial charge on any atom is 0.0632 e. The molecule has 4 aromatic rings. The van der Waals surface area contributed by atoms with Crippen LogP contribution in [-0.2, 0) is 5.75 Å². The fourth-order valence-corrected chi connectivity index (χ4v) is 8.59. The molecule has 2 N–H and O–H groups in total. The first-order chi connectivity index (χ1) is 14.9. The third kappa shape index (κ3) is 4.04. The van der Waals surface area contributed by atoms with E-state index in [1.165, 1.54) is 19.6 Å². The second-order valence-corrected chi connectivity index (χ2v) is 11.0. The summed E-state index contributed by atoms with van der Waals surface area (Å²) in [4.78, 5) is 10.1. The molecule has 0 aliphatic heterocycles. The molecule has 0 atom stereocenters. The number of aromatic nitrogens is 1. The van der Waals surface area contributed by atoms with Crippen LogP contribution in [0.4, 0.5) is 0 Å². The fourth-order valence-electron chi connectivity index (χ4n) is 3.73. The first kappa shape index (κ1) is 20.7. The minimum Gasteiger partial charge on any atom is -0.330 e. The van der Waals surface area contributed by atoms with Gasteiger partial charge in [0, 0.05) is 43.8 Å². The smallest absolute Gasteiger partial charge is 0.0632 e. The lowest BCUT2D eigenvalue weighted by Crippen LogP contribution is -2.09. The first-order valence-electron chi connectivity index (χ1n) is 10.1. The largest absolute Gasteiger partial charge is 0.330 e. The SMILES string of the molecule is NCCSCc1ncccc1S(c1ccccc1)(c1ccccc1)c1ccccc1. The predicted molar refractivity (Wildman–Crippen MR) is 129 cm³/mol. The monoisotopic (exact) mass is 430 g/mol. The van der Waals surface area contributed by atoms with Crippen molar-refractivity contribution in [2.24, 2.45) is 5.73 Å². The Morgan fingerprint density at radius 2 is 1.17 bits per heavy atom. The van der Waals surface area contributed by atoms with Crippen molar-refractivity contribution in [1.82, 2.24) is 4.98 Å². The summed E-state index contributed by atoms with van der Waals surface area (Å²) in [7, 11) is -1.69. The Bertz CT molecular complexity index is 957. The lowest BCUT2D eigenvalue weighted by Gasteiger charge is -2.42. The number of nitrogens with zero attached hydrogens (tertiary/aromatic N) is 1. The number of pyridine rings is 1. The van der Waals surface area contributed by atoms with Gasteiger partial charge in [0.15, 0.2) is 0 Å². The quantitative estimate of drug-likeness (QED) is 0.320. The zero-order chi connectivity index (χ0) is 20.7. The summed E-state index contributed by atoms with van der Waals surface area (Å²) in [6, 6.07) is 37.0. The second-order valence-electron chi connectivity index (χ2n) is 6.84. The van der Waals surface area contributed by atoms with Crippen LogP contribution in [0.5, 0.6) is 0 Å². The van der Waals surface area contributed by atoms with Gasteiger partial charge >= 0.3 is 0 Å². The number of hydrogen-bond donors (Lipinski definition) is 1. The van der Waals surface area contributed by atoms with Crippen LogP contribution >= 0.6 is 21.8 Å². The number of thioether (sulfide) groups is 1. The maximum absolute atomic E-state index is 5.75. The van der Waals surface area contributed by atoms with Crippen LogP contribution in [-0.4, -0.2) is 17.3 Å². The number of benzene rings is 3. The third-order valence-electron chi connectivity index (χ3n) is 4.97. The van der Waals surface area contributed by atoms with Gasteiger partial charge in [-0.15, -0.1) is 10.0 Å². The lowest BCUT2D eigenvalue weighted by molar-refractivity contribution is 1.06. The van der Waals surface area contributed by atoms with Gasteiger partial charge in [0.25, 0.3) is 0 Å². The van der Waals surface area contributed by atoms with E-state index in [1.807, 2.05) is 18.0 Å². The topological polar surface area (TPSA) is 38.9 Å². The normalized spacial score (nSPS) is 11.9. The molecule has 1 aromatic heterocycles. The van der Waals surface area contributed by atoms with Gasteiger partial charge in [0.05, 0.1) is 5.69 Å². The van der Waals surface area contributed by atoms with E-state index in [0.29, 0.717) is 6.54 Å².